The van der Waals surface area contributed by atoms with Crippen LogP contribution >= 0.6 is 15.9 Å². The van der Waals surface area contributed by atoms with Gasteiger partial charge in [0.05, 0.1) is 11.6 Å². The van der Waals surface area contributed by atoms with Crippen LogP contribution in [0, 0.1) is 11.3 Å². The number of hydrogen-bond donors (Lipinski definition) is 2. The van der Waals surface area contributed by atoms with Crippen molar-refractivity contribution < 1.29 is 10.0 Å². The summed E-state index contributed by atoms with van der Waals surface area (Å²) in [5.74, 6) is 0. The minimum Gasteiger partial charge on any atom is -0.423 e. The number of nitriles is 1. The molecule has 3 nitrogen and oxygen atoms in total. The lowest BCUT2D eigenvalue weighted by atomic mass is 9.77. The Balaban J connectivity index is 3.32. The van der Waals surface area contributed by atoms with Crippen LogP contribution in [-0.4, -0.2) is 17.2 Å². The van der Waals surface area contributed by atoms with E-state index in [9.17, 15) is 0 Å². The van der Waals surface area contributed by atoms with Crippen LogP contribution in [-0.2, 0) is 0 Å². The molecule has 0 aliphatic carbocycles. The first kappa shape index (κ1) is 9.26. The van der Waals surface area contributed by atoms with E-state index in [4.69, 9.17) is 15.3 Å². The second-order valence-corrected chi connectivity index (χ2v) is 3.04. The molecular weight excluding hydrogens is 221 g/mol. The summed E-state index contributed by atoms with van der Waals surface area (Å²) in [6.07, 6.45) is 0. The molecule has 0 aliphatic rings. The van der Waals surface area contributed by atoms with Crippen molar-refractivity contribution in [2.24, 2.45) is 0 Å². The molecule has 0 saturated heterocycles. The van der Waals surface area contributed by atoms with Crippen LogP contribution in [0.5, 0.6) is 0 Å². The molecule has 0 spiro atoms. The maximum absolute atomic E-state index is 8.89. The van der Waals surface area contributed by atoms with E-state index in [1.807, 2.05) is 6.07 Å². The van der Waals surface area contributed by atoms with Crippen molar-refractivity contribution in [1.29, 1.82) is 5.26 Å². The fraction of sp³-hybridized carbons (Fsp3) is 0. The lowest BCUT2D eigenvalue weighted by Gasteiger charge is -2.03. The van der Waals surface area contributed by atoms with Gasteiger partial charge in [-0.3, -0.25) is 0 Å². The Bertz CT molecular complexity index is 335. The molecule has 0 aliphatic heterocycles. The lowest BCUT2D eigenvalue weighted by molar-refractivity contribution is 0.425. The number of halogens is 1. The number of benzene rings is 1. The quantitative estimate of drug-likeness (QED) is 0.662. The summed E-state index contributed by atoms with van der Waals surface area (Å²) in [5.41, 5.74) is 0.472. The van der Waals surface area contributed by atoms with Gasteiger partial charge in [-0.1, -0.05) is 22.0 Å². The third kappa shape index (κ3) is 1.67. The average molecular weight is 226 g/mol. The average Bonchev–Trinajstić information content (AvgIpc) is 2.03. The molecule has 1 rings (SSSR count). The van der Waals surface area contributed by atoms with Crippen LogP contribution in [0.15, 0.2) is 22.7 Å². The first-order valence-electron chi connectivity index (χ1n) is 3.21. The van der Waals surface area contributed by atoms with Gasteiger partial charge < -0.3 is 10.0 Å². The summed E-state index contributed by atoms with van der Waals surface area (Å²) in [7, 11) is -1.62. The Morgan fingerprint density at radius 3 is 2.50 bits per heavy atom. The zero-order valence-electron chi connectivity index (χ0n) is 6.03. The molecule has 0 fully saturated rings. The van der Waals surface area contributed by atoms with Gasteiger partial charge in [0.25, 0.3) is 0 Å². The molecule has 0 bridgehead atoms. The molecule has 0 atom stereocenters. The molecule has 0 unspecified atom stereocenters. The van der Waals surface area contributed by atoms with Crippen molar-refractivity contribution in [3.63, 3.8) is 0 Å². The van der Waals surface area contributed by atoms with Gasteiger partial charge in [0.15, 0.2) is 0 Å². The highest BCUT2D eigenvalue weighted by molar-refractivity contribution is 9.10. The van der Waals surface area contributed by atoms with Gasteiger partial charge in [0, 0.05) is 9.94 Å². The largest absolute Gasteiger partial charge is 0.490 e. The Hall–Kier alpha value is -0.825. The van der Waals surface area contributed by atoms with Crippen molar-refractivity contribution in [2.75, 3.05) is 0 Å². The van der Waals surface area contributed by atoms with Crippen molar-refractivity contribution in [2.45, 2.75) is 0 Å². The molecule has 0 radical (unpaired) electrons. The molecular formula is C7H5BBrNO2. The van der Waals surface area contributed by atoms with E-state index in [-0.39, 0.29) is 11.0 Å². The van der Waals surface area contributed by atoms with Crippen LogP contribution in [0.3, 0.4) is 0 Å². The minimum absolute atomic E-state index is 0.208. The zero-order valence-corrected chi connectivity index (χ0v) is 7.62. The van der Waals surface area contributed by atoms with E-state index < -0.39 is 7.12 Å². The van der Waals surface area contributed by atoms with Crippen molar-refractivity contribution in [1.82, 2.24) is 0 Å². The summed E-state index contributed by atoms with van der Waals surface area (Å²) < 4.78 is 0.525. The SMILES string of the molecule is N#Cc1cccc(Br)c1B(O)O. The highest BCUT2D eigenvalue weighted by Crippen LogP contribution is 2.08. The summed E-state index contributed by atoms with van der Waals surface area (Å²) in [5, 5.41) is 26.4. The Labute approximate surface area is 78.5 Å². The normalized spacial score (nSPS) is 9.17. The second kappa shape index (κ2) is 3.72. The number of nitrogens with zero attached hydrogens (tertiary/aromatic N) is 1. The van der Waals surface area contributed by atoms with Crippen LogP contribution in [0.4, 0.5) is 0 Å². The van der Waals surface area contributed by atoms with E-state index in [2.05, 4.69) is 15.9 Å². The van der Waals surface area contributed by atoms with Gasteiger partial charge in [0.1, 0.15) is 0 Å². The predicted molar refractivity (Wildman–Crippen MR) is 48.7 cm³/mol. The molecule has 12 heavy (non-hydrogen) atoms. The van der Waals surface area contributed by atoms with Crippen LogP contribution < -0.4 is 5.46 Å². The molecule has 0 amide bonds. The van der Waals surface area contributed by atoms with E-state index >= 15 is 0 Å². The molecule has 0 saturated carbocycles. The first-order chi connectivity index (χ1) is 5.66. The monoisotopic (exact) mass is 225 g/mol. The Morgan fingerprint density at radius 1 is 1.42 bits per heavy atom. The summed E-state index contributed by atoms with van der Waals surface area (Å²) >= 11 is 3.12. The Morgan fingerprint density at radius 2 is 2.08 bits per heavy atom. The van der Waals surface area contributed by atoms with Crippen LogP contribution in [0.25, 0.3) is 0 Å². The van der Waals surface area contributed by atoms with Gasteiger partial charge in [-0.2, -0.15) is 5.26 Å². The highest BCUT2D eigenvalue weighted by Gasteiger charge is 2.18. The third-order valence-corrected chi connectivity index (χ3v) is 2.12. The lowest BCUT2D eigenvalue weighted by Crippen LogP contribution is -2.33. The molecule has 1 aromatic rings. The minimum atomic E-state index is -1.62. The van der Waals surface area contributed by atoms with Gasteiger partial charge in [-0.05, 0) is 12.1 Å². The van der Waals surface area contributed by atoms with Gasteiger partial charge in [-0.25, -0.2) is 0 Å². The van der Waals surface area contributed by atoms with E-state index in [1.165, 1.54) is 6.07 Å². The fourth-order valence-corrected chi connectivity index (χ4v) is 1.47. The summed E-state index contributed by atoms with van der Waals surface area (Å²) in [4.78, 5) is 0. The highest BCUT2D eigenvalue weighted by atomic mass is 79.9. The third-order valence-electron chi connectivity index (χ3n) is 1.43. The maximum Gasteiger partial charge on any atom is 0.490 e. The van der Waals surface area contributed by atoms with Crippen molar-refractivity contribution >= 4 is 28.5 Å². The molecule has 60 valence electrons. The van der Waals surface area contributed by atoms with E-state index in [0.29, 0.717) is 4.47 Å². The molecule has 0 heterocycles. The molecule has 5 heteroatoms. The molecule has 0 aromatic heterocycles. The van der Waals surface area contributed by atoms with E-state index in [0.717, 1.165) is 0 Å². The van der Waals surface area contributed by atoms with Gasteiger partial charge >= 0.3 is 7.12 Å². The smallest absolute Gasteiger partial charge is 0.423 e. The topological polar surface area (TPSA) is 64.2 Å². The van der Waals surface area contributed by atoms with Gasteiger partial charge in [-0.15, -0.1) is 0 Å². The predicted octanol–water partition coefficient (Wildman–Crippen LogP) is 0.000580. The van der Waals surface area contributed by atoms with Crippen molar-refractivity contribution in [3.8, 4) is 6.07 Å². The summed E-state index contributed by atoms with van der Waals surface area (Å²) in [6, 6.07) is 6.70. The Kier molecular flexibility index (Phi) is 2.87. The summed E-state index contributed by atoms with van der Waals surface area (Å²) in [6.45, 7) is 0. The zero-order chi connectivity index (χ0) is 9.14. The van der Waals surface area contributed by atoms with Crippen LogP contribution in [0.1, 0.15) is 5.56 Å². The maximum atomic E-state index is 8.89. The van der Waals surface area contributed by atoms with E-state index in [1.54, 1.807) is 12.1 Å². The van der Waals surface area contributed by atoms with Crippen molar-refractivity contribution in [3.05, 3.63) is 28.2 Å². The standard InChI is InChI=1S/C7H5BBrNO2/c9-6-3-1-2-5(4-10)7(6)8(11)12/h1-3,11-12H. The molecule has 2 N–H and O–H groups in total. The van der Waals surface area contributed by atoms with Gasteiger partial charge in [0.2, 0.25) is 0 Å². The van der Waals surface area contributed by atoms with Crippen LogP contribution in [0.2, 0.25) is 0 Å². The number of hydrogen-bond acceptors (Lipinski definition) is 3. The second-order valence-electron chi connectivity index (χ2n) is 2.19. The fourth-order valence-electron chi connectivity index (χ4n) is 0.897. The first-order valence-corrected chi connectivity index (χ1v) is 4.00. The number of rotatable bonds is 1. The molecule has 1 aromatic carbocycles.